The second-order valence-corrected chi connectivity index (χ2v) is 7.06. The molecule has 0 heterocycles. The molecule has 0 fully saturated rings. The predicted octanol–water partition coefficient (Wildman–Crippen LogP) is 6.18. The molecule has 0 saturated heterocycles. The van der Waals surface area contributed by atoms with Gasteiger partial charge in [0.25, 0.3) is 0 Å². The first-order valence-corrected chi connectivity index (χ1v) is 9.17. The van der Waals surface area contributed by atoms with E-state index < -0.39 is 0 Å². The van der Waals surface area contributed by atoms with E-state index in [0.29, 0.717) is 23.5 Å². The van der Waals surface area contributed by atoms with Crippen LogP contribution in [0.15, 0.2) is 48.6 Å². The third kappa shape index (κ3) is 2.86. The third-order valence-electron chi connectivity index (χ3n) is 5.47. The van der Waals surface area contributed by atoms with Gasteiger partial charge in [0, 0.05) is 17.2 Å². The van der Waals surface area contributed by atoms with Gasteiger partial charge in [0.2, 0.25) is 0 Å². The maximum Gasteiger partial charge on any atom is 0.134 e. The van der Waals surface area contributed by atoms with E-state index in [1.807, 2.05) is 32.0 Å². The number of ether oxygens (including phenoxy) is 1. The minimum Gasteiger partial charge on any atom is -0.494 e. The lowest BCUT2D eigenvalue weighted by Crippen LogP contribution is -2.08. The van der Waals surface area contributed by atoms with Crippen molar-refractivity contribution in [2.45, 2.75) is 26.7 Å². The number of aryl methyl sites for hydroxylation is 1. The van der Waals surface area contributed by atoms with Crippen molar-refractivity contribution in [3.05, 3.63) is 76.9 Å². The zero-order chi connectivity index (χ0) is 18.3. The molecule has 2 atom stereocenters. The molecule has 0 amide bonds. The van der Waals surface area contributed by atoms with E-state index >= 15 is 0 Å². The van der Waals surface area contributed by atoms with Crippen LogP contribution in [0, 0.1) is 30.4 Å². The zero-order valence-corrected chi connectivity index (χ0v) is 15.1. The molecule has 134 valence electrons. The Balaban J connectivity index is 1.60. The van der Waals surface area contributed by atoms with Gasteiger partial charge in [0.05, 0.1) is 6.61 Å². The summed E-state index contributed by atoms with van der Waals surface area (Å²) in [5.74, 6) is 0.581. The Hall–Kier alpha value is -2.42. The first-order valence-electron chi connectivity index (χ1n) is 9.17. The third-order valence-corrected chi connectivity index (χ3v) is 5.47. The second-order valence-electron chi connectivity index (χ2n) is 7.06. The average Bonchev–Trinajstić information content (AvgIpc) is 3.18. The van der Waals surface area contributed by atoms with Gasteiger partial charge in [-0.05, 0) is 73.4 Å². The first kappa shape index (κ1) is 17.0. The van der Waals surface area contributed by atoms with Crippen LogP contribution < -0.4 is 4.74 Å². The Bertz CT molecular complexity index is 910. The monoisotopic (exact) mass is 352 g/mol. The van der Waals surface area contributed by atoms with E-state index in [1.54, 1.807) is 12.1 Å². The highest BCUT2D eigenvalue weighted by molar-refractivity contribution is 5.80. The molecule has 2 aliphatic carbocycles. The molecular formula is C23H22F2O. The minimum atomic E-state index is -0.252. The summed E-state index contributed by atoms with van der Waals surface area (Å²) in [7, 11) is 0. The van der Waals surface area contributed by atoms with Gasteiger partial charge in [-0.1, -0.05) is 24.3 Å². The van der Waals surface area contributed by atoms with E-state index in [1.165, 1.54) is 6.07 Å². The molecule has 3 heteroatoms. The Morgan fingerprint density at radius 3 is 2.00 bits per heavy atom. The van der Waals surface area contributed by atoms with Gasteiger partial charge >= 0.3 is 0 Å². The fraction of sp³-hybridized carbons (Fsp3) is 0.304. The Morgan fingerprint density at radius 1 is 0.885 bits per heavy atom. The van der Waals surface area contributed by atoms with Crippen LogP contribution in [0.1, 0.15) is 36.5 Å². The molecule has 1 nitrogen and oxygen atoms in total. The van der Waals surface area contributed by atoms with Crippen molar-refractivity contribution >= 4 is 11.1 Å². The van der Waals surface area contributed by atoms with Crippen molar-refractivity contribution in [2.75, 3.05) is 6.61 Å². The second kappa shape index (κ2) is 6.71. The molecule has 0 aromatic heterocycles. The number of halogens is 2. The molecule has 2 unspecified atom stereocenters. The number of rotatable bonds is 4. The van der Waals surface area contributed by atoms with Crippen LogP contribution in [0.2, 0.25) is 0 Å². The fourth-order valence-corrected chi connectivity index (χ4v) is 4.29. The predicted molar refractivity (Wildman–Crippen MR) is 101 cm³/mol. The standard InChI is InChI=1S/C23H22F2O/c1-3-26-15-5-7-21(23(25)13-15)19-11-9-16-17(19)8-10-18(16)20-6-4-14(2)12-22(20)24/h4-7,10-13,16-17H,3,8-9H2,1-2H3. The number of hydrogen-bond donors (Lipinski definition) is 0. The van der Waals surface area contributed by atoms with Gasteiger partial charge in [-0.3, -0.25) is 0 Å². The van der Waals surface area contributed by atoms with Crippen LogP contribution in [-0.2, 0) is 0 Å². The van der Waals surface area contributed by atoms with Crippen molar-refractivity contribution in [1.29, 1.82) is 0 Å². The molecule has 2 aromatic rings. The van der Waals surface area contributed by atoms with Crippen LogP contribution in [0.4, 0.5) is 8.78 Å². The SMILES string of the molecule is CCOc1ccc(C2=CCC3C(c4ccc(C)cc4F)=CCC23)c(F)c1. The quantitative estimate of drug-likeness (QED) is 0.638. The molecule has 0 spiro atoms. The van der Waals surface area contributed by atoms with Gasteiger partial charge in [-0.25, -0.2) is 8.78 Å². The number of benzene rings is 2. The van der Waals surface area contributed by atoms with Crippen LogP contribution >= 0.6 is 0 Å². The molecule has 26 heavy (non-hydrogen) atoms. The smallest absolute Gasteiger partial charge is 0.134 e. The van der Waals surface area contributed by atoms with Crippen LogP contribution in [-0.4, -0.2) is 6.61 Å². The van der Waals surface area contributed by atoms with Crippen molar-refractivity contribution in [2.24, 2.45) is 11.8 Å². The topological polar surface area (TPSA) is 9.23 Å². The summed E-state index contributed by atoms with van der Waals surface area (Å²) >= 11 is 0. The molecule has 2 aromatic carbocycles. The largest absolute Gasteiger partial charge is 0.494 e. The number of hydrogen-bond acceptors (Lipinski definition) is 1. The lowest BCUT2D eigenvalue weighted by atomic mass is 9.85. The summed E-state index contributed by atoms with van der Waals surface area (Å²) in [6.45, 7) is 4.29. The van der Waals surface area contributed by atoms with Crippen LogP contribution in [0.3, 0.4) is 0 Å². The number of allylic oxidation sites excluding steroid dienone is 4. The zero-order valence-electron chi connectivity index (χ0n) is 15.1. The maximum atomic E-state index is 14.6. The minimum absolute atomic E-state index is 0.169. The first-order chi connectivity index (χ1) is 12.6. The summed E-state index contributed by atoms with van der Waals surface area (Å²) in [6.07, 6.45) is 5.90. The normalized spacial score (nSPS) is 21.4. The summed E-state index contributed by atoms with van der Waals surface area (Å²) < 4.78 is 34.4. The highest BCUT2D eigenvalue weighted by Crippen LogP contribution is 2.51. The van der Waals surface area contributed by atoms with Gasteiger partial charge < -0.3 is 4.74 Å². The molecule has 4 rings (SSSR count). The van der Waals surface area contributed by atoms with Crippen molar-refractivity contribution in [3.8, 4) is 5.75 Å². The lowest BCUT2D eigenvalue weighted by molar-refractivity contribution is 0.338. The summed E-state index contributed by atoms with van der Waals surface area (Å²) in [6, 6.07) is 10.5. The highest BCUT2D eigenvalue weighted by Gasteiger charge is 2.38. The number of fused-ring (bicyclic) bond motifs is 1. The summed E-state index contributed by atoms with van der Waals surface area (Å²) in [4.78, 5) is 0. The van der Waals surface area contributed by atoms with Gasteiger partial charge in [0.15, 0.2) is 0 Å². The van der Waals surface area contributed by atoms with Gasteiger partial charge in [-0.2, -0.15) is 0 Å². The molecule has 0 saturated carbocycles. The van der Waals surface area contributed by atoms with E-state index in [-0.39, 0.29) is 23.5 Å². The van der Waals surface area contributed by atoms with Crippen LogP contribution in [0.25, 0.3) is 11.1 Å². The maximum absolute atomic E-state index is 14.6. The van der Waals surface area contributed by atoms with Crippen molar-refractivity contribution in [3.63, 3.8) is 0 Å². The van der Waals surface area contributed by atoms with Crippen molar-refractivity contribution < 1.29 is 13.5 Å². The van der Waals surface area contributed by atoms with Gasteiger partial charge in [0.1, 0.15) is 17.4 Å². The molecule has 0 bridgehead atoms. The van der Waals surface area contributed by atoms with E-state index in [0.717, 1.165) is 29.6 Å². The Labute approximate surface area is 153 Å². The molecule has 0 aliphatic heterocycles. The molecule has 0 radical (unpaired) electrons. The summed E-state index contributed by atoms with van der Waals surface area (Å²) in [5.41, 5.74) is 4.34. The fourth-order valence-electron chi connectivity index (χ4n) is 4.29. The van der Waals surface area contributed by atoms with Gasteiger partial charge in [-0.15, -0.1) is 0 Å². The molecular weight excluding hydrogens is 330 g/mol. The Kier molecular flexibility index (Phi) is 4.39. The molecule has 0 N–H and O–H groups in total. The van der Waals surface area contributed by atoms with Crippen molar-refractivity contribution in [1.82, 2.24) is 0 Å². The lowest BCUT2D eigenvalue weighted by Gasteiger charge is -2.19. The summed E-state index contributed by atoms with van der Waals surface area (Å²) in [5, 5.41) is 0. The van der Waals surface area contributed by atoms with E-state index in [9.17, 15) is 8.78 Å². The highest BCUT2D eigenvalue weighted by atomic mass is 19.1. The Morgan fingerprint density at radius 2 is 1.46 bits per heavy atom. The van der Waals surface area contributed by atoms with Crippen LogP contribution in [0.5, 0.6) is 5.75 Å². The van der Waals surface area contributed by atoms with E-state index in [4.69, 9.17) is 4.74 Å². The molecule has 2 aliphatic rings. The van der Waals surface area contributed by atoms with E-state index in [2.05, 4.69) is 12.2 Å². The average molecular weight is 352 g/mol.